The molecular weight excluding hydrogens is 452 g/mol. The molecule has 0 saturated heterocycles. The zero-order chi connectivity index (χ0) is 20.5. The molecular formula is C22H17BrN2O3S. The molecule has 1 atom stereocenters. The fourth-order valence-corrected chi connectivity index (χ4v) is 4.66. The van der Waals surface area contributed by atoms with Gasteiger partial charge in [0.15, 0.2) is 4.80 Å². The molecule has 0 fully saturated rings. The number of ether oxygens (including phenoxy) is 1. The van der Waals surface area contributed by atoms with Crippen LogP contribution < -0.4 is 14.9 Å². The van der Waals surface area contributed by atoms with Gasteiger partial charge >= 0.3 is 5.97 Å². The summed E-state index contributed by atoms with van der Waals surface area (Å²) < 4.78 is 8.12. The molecule has 0 aliphatic carbocycles. The van der Waals surface area contributed by atoms with Gasteiger partial charge in [-0.25, -0.2) is 9.79 Å². The van der Waals surface area contributed by atoms with Crippen molar-refractivity contribution in [2.75, 3.05) is 7.11 Å². The maximum Gasteiger partial charge on any atom is 0.338 e. The molecule has 0 spiro atoms. The molecule has 29 heavy (non-hydrogen) atoms. The molecule has 2 aromatic carbocycles. The molecule has 0 bridgehead atoms. The van der Waals surface area contributed by atoms with E-state index >= 15 is 0 Å². The maximum absolute atomic E-state index is 13.3. The zero-order valence-electron chi connectivity index (χ0n) is 15.8. The summed E-state index contributed by atoms with van der Waals surface area (Å²) in [5.41, 5.74) is 2.50. The molecule has 146 valence electrons. The average Bonchev–Trinajstić information content (AvgIpc) is 3.03. The minimum atomic E-state index is -0.577. The van der Waals surface area contributed by atoms with Crippen molar-refractivity contribution in [2.45, 2.75) is 13.0 Å². The van der Waals surface area contributed by atoms with E-state index in [1.165, 1.54) is 18.4 Å². The second-order valence-corrected chi connectivity index (χ2v) is 8.46. The van der Waals surface area contributed by atoms with Crippen molar-refractivity contribution in [1.29, 1.82) is 0 Å². The Morgan fingerprint density at radius 3 is 2.52 bits per heavy atom. The van der Waals surface area contributed by atoms with Crippen LogP contribution in [0.3, 0.4) is 0 Å². The number of hydrogen-bond acceptors (Lipinski definition) is 5. The molecule has 7 heteroatoms. The van der Waals surface area contributed by atoms with Crippen LogP contribution in [0.25, 0.3) is 6.08 Å². The third kappa shape index (κ3) is 3.63. The number of carbonyl (C=O) groups excluding carboxylic acids is 1. The Kier molecular flexibility index (Phi) is 5.34. The van der Waals surface area contributed by atoms with Crippen molar-refractivity contribution in [2.24, 2.45) is 4.99 Å². The van der Waals surface area contributed by atoms with E-state index in [1.807, 2.05) is 60.7 Å². The second kappa shape index (κ2) is 7.93. The molecule has 1 aromatic heterocycles. The van der Waals surface area contributed by atoms with Crippen LogP contribution in [0.15, 0.2) is 80.1 Å². The molecule has 4 rings (SSSR count). The second-order valence-electron chi connectivity index (χ2n) is 6.54. The number of carbonyl (C=O) groups is 1. The van der Waals surface area contributed by atoms with E-state index in [4.69, 9.17) is 4.74 Å². The van der Waals surface area contributed by atoms with Gasteiger partial charge in [-0.05, 0) is 36.3 Å². The normalized spacial score (nSPS) is 16.4. The lowest BCUT2D eigenvalue weighted by atomic mass is 9.96. The van der Waals surface area contributed by atoms with E-state index < -0.39 is 12.0 Å². The molecule has 0 amide bonds. The lowest BCUT2D eigenvalue weighted by Gasteiger charge is -2.24. The Bertz CT molecular complexity index is 1290. The van der Waals surface area contributed by atoms with Crippen molar-refractivity contribution in [3.8, 4) is 0 Å². The van der Waals surface area contributed by atoms with Gasteiger partial charge < -0.3 is 4.74 Å². The van der Waals surface area contributed by atoms with Crippen LogP contribution in [0.2, 0.25) is 0 Å². The van der Waals surface area contributed by atoms with Crippen molar-refractivity contribution < 1.29 is 9.53 Å². The van der Waals surface area contributed by atoms with Gasteiger partial charge in [0.2, 0.25) is 0 Å². The monoisotopic (exact) mass is 468 g/mol. The van der Waals surface area contributed by atoms with E-state index in [0.717, 1.165) is 15.6 Å². The van der Waals surface area contributed by atoms with Gasteiger partial charge in [0.25, 0.3) is 5.56 Å². The molecule has 0 radical (unpaired) electrons. The topological polar surface area (TPSA) is 60.7 Å². The zero-order valence-corrected chi connectivity index (χ0v) is 18.2. The van der Waals surface area contributed by atoms with Crippen LogP contribution in [-0.2, 0) is 9.53 Å². The average molecular weight is 469 g/mol. The Morgan fingerprint density at radius 2 is 1.86 bits per heavy atom. The highest BCUT2D eigenvalue weighted by Gasteiger charge is 2.32. The van der Waals surface area contributed by atoms with Gasteiger partial charge in [-0.15, -0.1) is 0 Å². The summed E-state index contributed by atoms with van der Waals surface area (Å²) in [5.74, 6) is -0.484. The van der Waals surface area contributed by atoms with E-state index in [-0.39, 0.29) is 5.56 Å². The Labute approximate surface area is 179 Å². The molecule has 5 nitrogen and oxygen atoms in total. The largest absolute Gasteiger partial charge is 0.466 e. The fourth-order valence-electron chi connectivity index (χ4n) is 3.35. The number of rotatable bonds is 3. The summed E-state index contributed by atoms with van der Waals surface area (Å²) in [5, 5.41) is 0. The number of nitrogens with zero attached hydrogens (tertiary/aromatic N) is 2. The highest BCUT2D eigenvalue weighted by Crippen LogP contribution is 2.30. The van der Waals surface area contributed by atoms with Crippen molar-refractivity contribution in [3.63, 3.8) is 0 Å². The number of aromatic nitrogens is 1. The van der Waals surface area contributed by atoms with Gasteiger partial charge in [0.1, 0.15) is 0 Å². The first-order valence-corrected chi connectivity index (χ1v) is 10.5. The lowest BCUT2D eigenvalue weighted by molar-refractivity contribution is -0.136. The van der Waals surface area contributed by atoms with Crippen LogP contribution in [-0.4, -0.2) is 17.6 Å². The maximum atomic E-state index is 13.3. The SMILES string of the molecule is COC(=O)C1=C(C)N=c2s/c(=C\c3ccc(Br)cc3)c(=O)n2[C@@H]1c1ccccc1. The van der Waals surface area contributed by atoms with Crippen LogP contribution in [0.5, 0.6) is 0 Å². The summed E-state index contributed by atoms with van der Waals surface area (Å²) >= 11 is 4.73. The number of hydrogen-bond donors (Lipinski definition) is 0. The Balaban J connectivity index is 1.97. The van der Waals surface area contributed by atoms with Gasteiger partial charge in [0.05, 0.1) is 29.0 Å². The van der Waals surface area contributed by atoms with E-state index in [1.54, 1.807) is 11.5 Å². The van der Waals surface area contributed by atoms with Crippen LogP contribution in [0, 0.1) is 0 Å². The Hall–Kier alpha value is -2.77. The van der Waals surface area contributed by atoms with E-state index in [9.17, 15) is 9.59 Å². The summed E-state index contributed by atoms with van der Waals surface area (Å²) in [6, 6.07) is 16.6. The first-order chi connectivity index (χ1) is 14.0. The Morgan fingerprint density at radius 1 is 1.17 bits per heavy atom. The first-order valence-electron chi connectivity index (χ1n) is 8.91. The number of benzene rings is 2. The van der Waals surface area contributed by atoms with E-state index in [0.29, 0.717) is 20.6 Å². The molecule has 1 aliphatic heterocycles. The number of thiazole rings is 1. The highest BCUT2D eigenvalue weighted by atomic mass is 79.9. The smallest absolute Gasteiger partial charge is 0.338 e. The predicted octanol–water partition coefficient (Wildman–Crippen LogP) is 3.17. The minimum Gasteiger partial charge on any atom is -0.466 e. The summed E-state index contributed by atoms with van der Waals surface area (Å²) in [6.07, 6.45) is 1.84. The number of fused-ring (bicyclic) bond motifs is 1. The third-order valence-electron chi connectivity index (χ3n) is 4.71. The molecule has 0 saturated carbocycles. The lowest BCUT2D eigenvalue weighted by Crippen LogP contribution is -2.39. The van der Waals surface area contributed by atoms with Crippen LogP contribution in [0.1, 0.15) is 24.1 Å². The third-order valence-corrected chi connectivity index (χ3v) is 6.22. The number of allylic oxidation sites excluding steroid dienone is 1. The molecule has 0 N–H and O–H groups in total. The molecule has 3 aromatic rings. The van der Waals surface area contributed by atoms with Gasteiger partial charge in [-0.1, -0.05) is 69.7 Å². The summed E-state index contributed by atoms with van der Waals surface area (Å²) in [6.45, 7) is 1.77. The fraction of sp³-hybridized carbons (Fsp3) is 0.136. The van der Waals surface area contributed by atoms with Crippen LogP contribution in [0.4, 0.5) is 0 Å². The molecule has 0 unspecified atom stereocenters. The number of halogens is 1. The molecule has 2 heterocycles. The van der Waals surface area contributed by atoms with Crippen molar-refractivity contribution >= 4 is 39.3 Å². The van der Waals surface area contributed by atoms with Gasteiger partial charge in [0, 0.05) is 4.47 Å². The highest BCUT2D eigenvalue weighted by molar-refractivity contribution is 9.10. The first kappa shape index (κ1) is 19.5. The summed E-state index contributed by atoms with van der Waals surface area (Å²) in [4.78, 5) is 31.0. The molecule has 1 aliphatic rings. The standard InChI is InChI=1S/C22H17BrN2O3S/c1-13-18(21(27)28-2)19(15-6-4-3-5-7-15)25-20(26)17(29-22(25)24-13)12-14-8-10-16(23)11-9-14/h3-12,19H,1-2H3/b17-12-/t19-/m1/s1. The number of methoxy groups -OCH3 is 1. The quantitative estimate of drug-likeness (QED) is 0.554. The van der Waals surface area contributed by atoms with E-state index in [2.05, 4.69) is 20.9 Å². The van der Waals surface area contributed by atoms with Gasteiger partial charge in [-0.2, -0.15) is 0 Å². The number of esters is 1. The van der Waals surface area contributed by atoms with Crippen molar-refractivity contribution in [1.82, 2.24) is 4.57 Å². The summed E-state index contributed by atoms with van der Waals surface area (Å²) in [7, 11) is 1.34. The predicted molar refractivity (Wildman–Crippen MR) is 116 cm³/mol. The van der Waals surface area contributed by atoms with Crippen LogP contribution >= 0.6 is 27.3 Å². The van der Waals surface area contributed by atoms with Crippen molar-refractivity contribution in [3.05, 3.63) is 101 Å². The minimum absolute atomic E-state index is 0.181. The van der Waals surface area contributed by atoms with Gasteiger partial charge in [-0.3, -0.25) is 9.36 Å².